The quantitative estimate of drug-likeness (QED) is 0.620. The Morgan fingerprint density at radius 2 is 2.11 bits per heavy atom. The van der Waals surface area contributed by atoms with Crippen molar-refractivity contribution in [2.24, 2.45) is 5.92 Å². The molecule has 0 aliphatic heterocycles. The Bertz CT molecular complexity index is 444. The van der Waals surface area contributed by atoms with Gasteiger partial charge in [-0.05, 0) is 26.0 Å². The summed E-state index contributed by atoms with van der Waals surface area (Å²) in [5.41, 5.74) is 6.57. The van der Waals surface area contributed by atoms with Crippen molar-refractivity contribution in [3.63, 3.8) is 0 Å². The van der Waals surface area contributed by atoms with Crippen molar-refractivity contribution in [2.45, 2.75) is 38.6 Å². The second-order valence-corrected chi connectivity index (χ2v) is 6.44. The van der Waals surface area contributed by atoms with E-state index >= 15 is 0 Å². The Hall–Kier alpha value is -0.880. The summed E-state index contributed by atoms with van der Waals surface area (Å²) in [5, 5.41) is 4.38. The van der Waals surface area contributed by atoms with E-state index in [9.17, 15) is 4.79 Å². The largest absolute Gasteiger partial charge is 0.462 e. The third kappa shape index (κ3) is 3.79. The normalized spacial score (nSPS) is 12.5. The van der Waals surface area contributed by atoms with Gasteiger partial charge in [-0.2, -0.15) is 0 Å². The van der Waals surface area contributed by atoms with Gasteiger partial charge in [-0.15, -0.1) is 23.1 Å². The van der Waals surface area contributed by atoms with Crippen LogP contribution in [0.4, 0.5) is 10.7 Å². The van der Waals surface area contributed by atoms with E-state index in [2.05, 4.69) is 26.1 Å². The van der Waals surface area contributed by atoms with Crippen LogP contribution in [-0.2, 0) is 4.74 Å². The zero-order chi connectivity index (χ0) is 14.6. The molecule has 0 saturated carbocycles. The Balaban J connectivity index is 3.05. The highest BCUT2D eigenvalue weighted by Crippen LogP contribution is 2.42. The standard InChI is InChI=1S/C13H22N2O2S2/c1-6-17-13(16)11-9(14)10(18-5)12(19-11)15-8(4)7(2)3/h7-8,15H,6,14H2,1-5H3. The van der Waals surface area contributed by atoms with Crippen molar-refractivity contribution < 1.29 is 9.53 Å². The number of thioether (sulfide) groups is 1. The van der Waals surface area contributed by atoms with Crippen LogP contribution in [0.2, 0.25) is 0 Å². The molecule has 0 amide bonds. The van der Waals surface area contributed by atoms with Crippen LogP contribution in [0.25, 0.3) is 0 Å². The number of thiophene rings is 1. The van der Waals surface area contributed by atoms with E-state index in [0.717, 1.165) is 9.90 Å². The van der Waals surface area contributed by atoms with E-state index in [0.29, 0.717) is 29.1 Å². The molecule has 0 aliphatic carbocycles. The van der Waals surface area contributed by atoms with Gasteiger partial charge in [-0.25, -0.2) is 4.79 Å². The van der Waals surface area contributed by atoms with Gasteiger partial charge in [0.2, 0.25) is 0 Å². The molecule has 19 heavy (non-hydrogen) atoms. The molecule has 1 atom stereocenters. The van der Waals surface area contributed by atoms with Crippen molar-refractivity contribution in [3.05, 3.63) is 4.88 Å². The van der Waals surface area contributed by atoms with E-state index in [1.807, 2.05) is 6.26 Å². The fourth-order valence-corrected chi connectivity index (χ4v) is 3.46. The van der Waals surface area contributed by atoms with Gasteiger partial charge in [0, 0.05) is 6.04 Å². The van der Waals surface area contributed by atoms with Crippen molar-refractivity contribution in [1.29, 1.82) is 0 Å². The predicted octanol–water partition coefficient (Wildman–Crippen LogP) is 3.69. The highest BCUT2D eigenvalue weighted by molar-refractivity contribution is 7.99. The Labute approximate surface area is 123 Å². The van der Waals surface area contributed by atoms with Crippen molar-refractivity contribution in [1.82, 2.24) is 0 Å². The van der Waals surface area contributed by atoms with Crippen LogP contribution in [0.15, 0.2) is 4.90 Å². The summed E-state index contributed by atoms with van der Waals surface area (Å²) in [7, 11) is 0. The van der Waals surface area contributed by atoms with E-state index in [1.165, 1.54) is 11.3 Å². The van der Waals surface area contributed by atoms with Gasteiger partial charge in [0.1, 0.15) is 9.88 Å². The zero-order valence-electron chi connectivity index (χ0n) is 12.1. The maximum Gasteiger partial charge on any atom is 0.350 e. The van der Waals surface area contributed by atoms with E-state index in [-0.39, 0.29) is 5.97 Å². The first-order valence-corrected chi connectivity index (χ1v) is 8.36. The second-order valence-electron chi connectivity index (χ2n) is 4.60. The monoisotopic (exact) mass is 302 g/mol. The molecule has 108 valence electrons. The molecule has 0 aliphatic rings. The van der Waals surface area contributed by atoms with Crippen molar-refractivity contribution in [2.75, 3.05) is 23.9 Å². The van der Waals surface area contributed by atoms with Crippen LogP contribution >= 0.6 is 23.1 Å². The number of rotatable bonds is 6. The van der Waals surface area contributed by atoms with Gasteiger partial charge in [-0.1, -0.05) is 13.8 Å². The lowest BCUT2D eigenvalue weighted by atomic mass is 10.1. The first-order chi connectivity index (χ1) is 8.92. The Morgan fingerprint density at radius 1 is 1.47 bits per heavy atom. The van der Waals surface area contributed by atoms with Crippen molar-refractivity contribution in [3.8, 4) is 0 Å². The summed E-state index contributed by atoms with van der Waals surface area (Å²) in [4.78, 5) is 13.3. The first kappa shape index (κ1) is 16.2. The molecular weight excluding hydrogens is 280 g/mol. The summed E-state index contributed by atoms with van der Waals surface area (Å²) in [6.07, 6.45) is 1.96. The smallest absolute Gasteiger partial charge is 0.350 e. The number of carbonyl (C=O) groups is 1. The molecule has 0 spiro atoms. The summed E-state index contributed by atoms with van der Waals surface area (Å²) in [5.74, 6) is 0.162. The molecule has 4 nitrogen and oxygen atoms in total. The minimum absolute atomic E-state index is 0.319. The van der Waals surface area contributed by atoms with Crippen LogP contribution in [0.3, 0.4) is 0 Å². The third-order valence-corrected chi connectivity index (χ3v) is 5.00. The number of anilines is 2. The van der Waals surface area contributed by atoms with Crippen LogP contribution < -0.4 is 11.1 Å². The number of esters is 1. The fraction of sp³-hybridized carbons (Fsp3) is 0.615. The highest BCUT2D eigenvalue weighted by Gasteiger charge is 2.22. The van der Waals surface area contributed by atoms with Gasteiger partial charge in [0.15, 0.2) is 0 Å². The number of nitrogen functional groups attached to an aromatic ring is 1. The summed E-state index contributed by atoms with van der Waals surface area (Å²) >= 11 is 2.92. The first-order valence-electron chi connectivity index (χ1n) is 6.32. The molecule has 3 N–H and O–H groups in total. The zero-order valence-corrected chi connectivity index (χ0v) is 13.7. The fourth-order valence-electron chi connectivity index (χ4n) is 1.45. The lowest BCUT2D eigenvalue weighted by Gasteiger charge is -2.18. The van der Waals surface area contributed by atoms with Crippen molar-refractivity contribution >= 4 is 39.8 Å². The Kier molecular flexibility index (Phi) is 6.00. The molecule has 1 unspecified atom stereocenters. The molecule has 0 saturated heterocycles. The molecule has 6 heteroatoms. The van der Waals surface area contributed by atoms with E-state index in [1.54, 1.807) is 18.7 Å². The van der Waals surface area contributed by atoms with Gasteiger partial charge < -0.3 is 15.8 Å². The number of nitrogens with one attached hydrogen (secondary N) is 1. The Morgan fingerprint density at radius 3 is 2.58 bits per heavy atom. The maximum atomic E-state index is 11.8. The van der Waals surface area contributed by atoms with Crippen LogP contribution in [0.1, 0.15) is 37.4 Å². The molecule has 0 aromatic carbocycles. The second kappa shape index (κ2) is 7.05. The number of nitrogens with two attached hydrogens (primary N) is 1. The minimum atomic E-state index is -0.342. The molecule has 0 fully saturated rings. The van der Waals surface area contributed by atoms with Gasteiger partial charge in [0.05, 0.1) is 17.2 Å². The van der Waals surface area contributed by atoms with Gasteiger partial charge in [0.25, 0.3) is 0 Å². The average molecular weight is 302 g/mol. The highest BCUT2D eigenvalue weighted by atomic mass is 32.2. The van der Waals surface area contributed by atoms with Crippen LogP contribution in [0, 0.1) is 5.92 Å². The number of carbonyl (C=O) groups excluding carboxylic acids is 1. The number of hydrogen-bond acceptors (Lipinski definition) is 6. The number of ether oxygens (including phenoxy) is 1. The molecule has 1 aromatic rings. The van der Waals surface area contributed by atoms with E-state index < -0.39 is 0 Å². The maximum absolute atomic E-state index is 11.8. The van der Waals surface area contributed by atoms with Gasteiger partial charge >= 0.3 is 5.97 Å². The van der Waals surface area contributed by atoms with E-state index in [4.69, 9.17) is 10.5 Å². The summed E-state index contributed by atoms with van der Waals surface area (Å²) in [6.45, 7) is 8.57. The number of hydrogen-bond donors (Lipinski definition) is 2. The molecule has 1 aromatic heterocycles. The predicted molar refractivity (Wildman–Crippen MR) is 84.4 cm³/mol. The molecular formula is C13H22N2O2S2. The molecule has 0 radical (unpaired) electrons. The lowest BCUT2D eigenvalue weighted by molar-refractivity contribution is 0.0533. The van der Waals surface area contributed by atoms with Gasteiger partial charge in [-0.3, -0.25) is 0 Å². The van der Waals surface area contributed by atoms with Crippen LogP contribution in [-0.4, -0.2) is 24.9 Å². The third-order valence-electron chi connectivity index (χ3n) is 2.92. The molecule has 1 rings (SSSR count). The SMILES string of the molecule is CCOC(=O)c1sc(NC(C)C(C)C)c(SC)c1N. The summed E-state index contributed by atoms with van der Waals surface area (Å²) < 4.78 is 5.03. The molecule has 0 bridgehead atoms. The van der Waals surface area contributed by atoms with Crippen LogP contribution in [0.5, 0.6) is 0 Å². The molecule has 1 heterocycles. The lowest BCUT2D eigenvalue weighted by Crippen LogP contribution is -2.21. The average Bonchev–Trinajstić information content (AvgIpc) is 2.65. The topological polar surface area (TPSA) is 64.3 Å². The summed E-state index contributed by atoms with van der Waals surface area (Å²) in [6, 6.07) is 0.319. The minimum Gasteiger partial charge on any atom is -0.462 e.